The van der Waals surface area contributed by atoms with E-state index in [4.69, 9.17) is 0 Å². The third-order valence-electron chi connectivity index (χ3n) is 3.50. The monoisotopic (exact) mass is 236 g/mol. The van der Waals surface area contributed by atoms with Crippen molar-refractivity contribution in [2.75, 3.05) is 0 Å². The minimum Gasteiger partial charge on any atom is -0.508 e. The first-order valence-electron chi connectivity index (χ1n) is 6.31. The standard InChI is InChI=1S/C17H16O/c1-11(2)16-9-13(18)10-17-14-6-4-3-5-12(14)7-8-15(16)17/h3-11,18H,1-2H3. The van der Waals surface area contributed by atoms with Crippen LogP contribution in [0.5, 0.6) is 5.75 Å². The highest BCUT2D eigenvalue weighted by Crippen LogP contribution is 2.34. The Hall–Kier alpha value is -2.02. The number of hydrogen-bond donors (Lipinski definition) is 1. The molecule has 1 heteroatoms. The van der Waals surface area contributed by atoms with Crippen LogP contribution in [0.1, 0.15) is 25.3 Å². The minimum absolute atomic E-state index is 0.350. The van der Waals surface area contributed by atoms with Gasteiger partial charge < -0.3 is 5.11 Å². The van der Waals surface area contributed by atoms with Crippen LogP contribution in [0.4, 0.5) is 0 Å². The smallest absolute Gasteiger partial charge is 0.116 e. The summed E-state index contributed by atoms with van der Waals surface area (Å²) in [5, 5.41) is 14.7. The molecule has 0 unspecified atom stereocenters. The Bertz CT molecular complexity index is 726. The Balaban J connectivity index is 2.51. The molecule has 0 radical (unpaired) electrons. The molecule has 3 rings (SSSR count). The maximum absolute atomic E-state index is 9.92. The molecule has 0 heterocycles. The molecule has 3 aromatic carbocycles. The van der Waals surface area contributed by atoms with Gasteiger partial charge in [0.05, 0.1) is 0 Å². The average molecular weight is 236 g/mol. The normalized spacial score (nSPS) is 11.5. The summed E-state index contributed by atoms with van der Waals surface area (Å²) < 4.78 is 0. The van der Waals surface area contributed by atoms with Crippen LogP contribution in [0.3, 0.4) is 0 Å². The fourth-order valence-corrected chi connectivity index (χ4v) is 2.61. The van der Waals surface area contributed by atoms with E-state index in [-0.39, 0.29) is 0 Å². The highest BCUT2D eigenvalue weighted by atomic mass is 16.3. The highest BCUT2D eigenvalue weighted by Gasteiger charge is 2.09. The summed E-state index contributed by atoms with van der Waals surface area (Å²) in [5.74, 6) is 0.753. The molecule has 3 aromatic rings. The van der Waals surface area contributed by atoms with Crippen LogP contribution in [0.25, 0.3) is 21.5 Å². The van der Waals surface area contributed by atoms with Crippen LogP contribution in [0.2, 0.25) is 0 Å². The summed E-state index contributed by atoms with van der Waals surface area (Å²) in [4.78, 5) is 0. The van der Waals surface area contributed by atoms with Crippen LogP contribution < -0.4 is 0 Å². The molecule has 0 aliphatic heterocycles. The van der Waals surface area contributed by atoms with E-state index in [2.05, 4.69) is 38.1 Å². The van der Waals surface area contributed by atoms with Crippen molar-refractivity contribution >= 4 is 21.5 Å². The molecule has 0 saturated carbocycles. The van der Waals surface area contributed by atoms with Gasteiger partial charge in [-0.3, -0.25) is 0 Å². The van der Waals surface area contributed by atoms with Crippen molar-refractivity contribution in [2.45, 2.75) is 19.8 Å². The van der Waals surface area contributed by atoms with E-state index in [9.17, 15) is 5.11 Å². The van der Waals surface area contributed by atoms with Crippen molar-refractivity contribution < 1.29 is 5.11 Å². The predicted molar refractivity (Wildman–Crippen MR) is 77.2 cm³/mol. The van der Waals surface area contributed by atoms with Gasteiger partial charge in [-0.05, 0) is 45.2 Å². The van der Waals surface area contributed by atoms with Gasteiger partial charge >= 0.3 is 0 Å². The molecule has 90 valence electrons. The van der Waals surface area contributed by atoms with Gasteiger partial charge in [0.25, 0.3) is 0 Å². The number of rotatable bonds is 1. The van der Waals surface area contributed by atoms with Crippen LogP contribution in [-0.2, 0) is 0 Å². The molecule has 0 bridgehead atoms. The number of phenols is 1. The third-order valence-corrected chi connectivity index (χ3v) is 3.50. The first-order chi connectivity index (χ1) is 8.66. The average Bonchev–Trinajstić information content (AvgIpc) is 2.37. The van der Waals surface area contributed by atoms with Crippen molar-refractivity contribution in [3.8, 4) is 5.75 Å². The molecule has 0 amide bonds. The third kappa shape index (κ3) is 1.63. The second-order valence-electron chi connectivity index (χ2n) is 5.07. The van der Waals surface area contributed by atoms with Gasteiger partial charge in [-0.2, -0.15) is 0 Å². The van der Waals surface area contributed by atoms with Crippen molar-refractivity contribution in [1.82, 2.24) is 0 Å². The molecule has 1 nitrogen and oxygen atoms in total. The number of hydrogen-bond acceptors (Lipinski definition) is 1. The molecule has 0 spiro atoms. The Morgan fingerprint density at radius 2 is 1.61 bits per heavy atom. The molecule has 0 saturated heterocycles. The molecule has 18 heavy (non-hydrogen) atoms. The maximum Gasteiger partial charge on any atom is 0.116 e. The number of phenolic OH excluding ortho intramolecular Hbond substituents is 1. The van der Waals surface area contributed by atoms with E-state index in [1.54, 1.807) is 0 Å². The lowest BCUT2D eigenvalue weighted by Gasteiger charge is -2.12. The van der Waals surface area contributed by atoms with Crippen molar-refractivity contribution in [2.24, 2.45) is 0 Å². The van der Waals surface area contributed by atoms with Crippen LogP contribution in [0, 0.1) is 0 Å². The van der Waals surface area contributed by atoms with E-state index in [1.165, 1.54) is 21.7 Å². The van der Waals surface area contributed by atoms with Crippen LogP contribution in [-0.4, -0.2) is 5.11 Å². The lowest BCUT2D eigenvalue weighted by molar-refractivity contribution is 0.475. The molecular formula is C17H16O. The summed E-state index contributed by atoms with van der Waals surface area (Å²) in [7, 11) is 0. The zero-order valence-corrected chi connectivity index (χ0v) is 10.6. The molecule has 0 aromatic heterocycles. The van der Waals surface area contributed by atoms with Crippen LogP contribution >= 0.6 is 0 Å². The summed E-state index contributed by atoms with van der Waals surface area (Å²) >= 11 is 0. The van der Waals surface area contributed by atoms with Crippen molar-refractivity contribution in [1.29, 1.82) is 0 Å². The van der Waals surface area contributed by atoms with E-state index < -0.39 is 0 Å². The SMILES string of the molecule is CC(C)c1cc(O)cc2c1ccc1ccccc12. The second kappa shape index (κ2) is 4.02. The van der Waals surface area contributed by atoms with Gasteiger partial charge in [0.2, 0.25) is 0 Å². The molecule has 0 aliphatic carbocycles. The zero-order chi connectivity index (χ0) is 12.7. The van der Waals surface area contributed by atoms with Crippen molar-refractivity contribution in [3.63, 3.8) is 0 Å². The molecule has 1 N–H and O–H groups in total. The first-order valence-corrected chi connectivity index (χ1v) is 6.31. The van der Waals surface area contributed by atoms with Gasteiger partial charge in [-0.15, -0.1) is 0 Å². The van der Waals surface area contributed by atoms with Gasteiger partial charge in [-0.1, -0.05) is 50.2 Å². The molecule has 0 fully saturated rings. The minimum atomic E-state index is 0.350. The number of aromatic hydroxyl groups is 1. The molecular weight excluding hydrogens is 220 g/mol. The lowest BCUT2D eigenvalue weighted by atomic mass is 9.93. The largest absolute Gasteiger partial charge is 0.508 e. The van der Waals surface area contributed by atoms with Crippen molar-refractivity contribution in [3.05, 3.63) is 54.1 Å². The summed E-state index contributed by atoms with van der Waals surface area (Å²) in [6.45, 7) is 4.31. The summed E-state index contributed by atoms with van der Waals surface area (Å²) in [6.07, 6.45) is 0. The fourth-order valence-electron chi connectivity index (χ4n) is 2.61. The Kier molecular flexibility index (Phi) is 2.48. The fraction of sp³-hybridized carbons (Fsp3) is 0.176. The highest BCUT2D eigenvalue weighted by molar-refractivity contribution is 6.09. The van der Waals surface area contributed by atoms with E-state index in [0.717, 1.165) is 5.39 Å². The first kappa shape index (κ1) is 11.1. The zero-order valence-electron chi connectivity index (χ0n) is 10.6. The predicted octanol–water partition coefficient (Wildman–Crippen LogP) is 4.82. The summed E-state index contributed by atoms with van der Waals surface area (Å²) in [6, 6.07) is 16.4. The second-order valence-corrected chi connectivity index (χ2v) is 5.07. The Morgan fingerprint density at radius 1 is 0.833 bits per heavy atom. The maximum atomic E-state index is 9.92. The Labute approximate surface area is 107 Å². The summed E-state index contributed by atoms with van der Waals surface area (Å²) in [5.41, 5.74) is 1.20. The van der Waals surface area contributed by atoms with Gasteiger partial charge in [0, 0.05) is 0 Å². The lowest BCUT2D eigenvalue weighted by Crippen LogP contribution is -1.90. The van der Waals surface area contributed by atoms with Gasteiger partial charge in [0.1, 0.15) is 5.75 Å². The molecule has 0 atom stereocenters. The van der Waals surface area contributed by atoms with Crippen LogP contribution in [0.15, 0.2) is 48.5 Å². The van der Waals surface area contributed by atoms with E-state index in [1.807, 2.05) is 24.3 Å². The molecule has 0 aliphatic rings. The quantitative estimate of drug-likeness (QED) is 0.600. The van der Waals surface area contributed by atoms with E-state index in [0.29, 0.717) is 11.7 Å². The van der Waals surface area contributed by atoms with E-state index >= 15 is 0 Å². The number of fused-ring (bicyclic) bond motifs is 3. The van der Waals surface area contributed by atoms with Gasteiger partial charge in [-0.25, -0.2) is 0 Å². The Morgan fingerprint density at radius 3 is 2.39 bits per heavy atom. The van der Waals surface area contributed by atoms with Gasteiger partial charge in [0.15, 0.2) is 0 Å². The number of benzene rings is 3. The topological polar surface area (TPSA) is 20.2 Å².